The van der Waals surface area contributed by atoms with Crippen LogP contribution in [0, 0.1) is 0 Å². The Balaban J connectivity index is 1.85. The van der Waals surface area contributed by atoms with Crippen LogP contribution in [0.15, 0.2) is 24.4 Å². The van der Waals surface area contributed by atoms with Gasteiger partial charge in [-0.1, -0.05) is 6.07 Å². The van der Waals surface area contributed by atoms with Crippen molar-refractivity contribution in [3.8, 4) is 0 Å². The molecule has 1 saturated heterocycles. The Morgan fingerprint density at radius 1 is 1.11 bits per heavy atom. The highest BCUT2D eigenvalue weighted by Crippen LogP contribution is 2.24. The summed E-state index contributed by atoms with van der Waals surface area (Å²) in [4.78, 5) is 4.92. The minimum atomic E-state index is 0.833. The van der Waals surface area contributed by atoms with Gasteiger partial charge in [0.15, 0.2) is 0 Å². The molecule has 1 fully saturated rings. The lowest BCUT2D eigenvalue weighted by Crippen LogP contribution is -2.43. The lowest BCUT2D eigenvalue weighted by Gasteiger charge is -2.32. The summed E-state index contributed by atoms with van der Waals surface area (Å²) in [6, 6.07) is 6.20. The summed E-state index contributed by atoms with van der Waals surface area (Å²) in [6.45, 7) is 5.67. The van der Waals surface area contributed by atoms with E-state index in [0.717, 1.165) is 38.4 Å². The lowest BCUT2D eigenvalue weighted by atomic mass is 10.1. The van der Waals surface area contributed by atoms with Crippen molar-refractivity contribution in [2.45, 2.75) is 6.54 Å². The fraction of sp³-hybridized carbons (Fsp3) is 0.467. The summed E-state index contributed by atoms with van der Waals surface area (Å²) in [5.41, 5.74) is 9.34. The summed E-state index contributed by atoms with van der Waals surface area (Å²) in [7, 11) is 4.29. The molecule has 4 nitrogen and oxygen atoms in total. The lowest BCUT2D eigenvalue weighted by molar-refractivity contribution is 0.148. The first-order valence-electron chi connectivity index (χ1n) is 6.88. The van der Waals surface area contributed by atoms with Crippen LogP contribution in [0.1, 0.15) is 5.56 Å². The average Bonchev–Trinajstić information content (AvgIpc) is 2.69. The number of aryl methyl sites for hydroxylation is 1. The van der Waals surface area contributed by atoms with Crippen LogP contribution in [0.2, 0.25) is 0 Å². The molecule has 2 heterocycles. The number of rotatable bonds is 2. The SMILES string of the molecule is CN1CCN(Cc2cn(C)c3cc(N)ccc23)CC1. The first-order chi connectivity index (χ1) is 9.13. The number of nitrogens with zero attached hydrogens (tertiary/aromatic N) is 3. The molecule has 0 radical (unpaired) electrons. The summed E-state index contributed by atoms with van der Waals surface area (Å²) >= 11 is 0. The molecule has 1 aromatic heterocycles. The van der Waals surface area contributed by atoms with Crippen LogP contribution in [-0.4, -0.2) is 47.6 Å². The van der Waals surface area contributed by atoms with Crippen LogP contribution in [0.3, 0.4) is 0 Å². The summed E-state index contributed by atoms with van der Waals surface area (Å²) < 4.78 is 2.18. The maximum Gasteiger partial charge on any atom is 0.0501 e. The molecule has 0 bridgehead atoms. The molecule has 0 amide bonds. The second kappa shape index (κ2) is 4.87. The van der Waals surface area contributed by atoms with Gasteiger partial charge in [0, 0.05) is 57.0 Å². The predicted molar refractivity (Wildman–Crippen MR) is 80.1 cm³/mol. The standard InChI is InChI=1S/C15H22N4/c1-17-5-7-19(8-6-17)11-12-10-18(2)15-9-13(16)3-4-14(12)15/h3-4,9-10H,5-8,11,16H2,1-2H3. The van der Waals surface area contributed by atoms with Crippen molar-refractivity contribution >= 4 is 16.6 Å². The Kier molecular flexibility index (Phi) is 3.21. The van der Waals surface area contributed by atoms with Gasteiger partial charge in [0.25, 0.3) is 0 Å². The van der Waals surface area contributed by atoms with Gasteiger partial charge in [-0.05, 0) is 24.7 Å². The number of hydrogen-bond donors (Lipinski definition) is 1. The highest BCUT2D eigenvalue weighted by molar-refractivity contribution is 5.86. The van der Waals surface area contributed by atoms with Crippen LogP contribution in [0.5, 0.6) is 0 Å². The number of benzene rings is 1. The number of hydrogen-bond acceptors (Lipinski definition) is 3. The van der Waals surface area contributed by atoms with Crippen LogP contribution in [-0.2, 0) is 13.6 Å². The maximum atomic E-state index is 5.87. The quantitative estimate of drug-likeness (QED) is 0.830. The zero-order valence-corrected chi connectivity index (χ0v) is 11.8. The van der Waals surface area contributed by atoms with Crippen LogP contribution < -0.4 is 5.73 Å². The molecule has 3 rings (SSSR count). The summed E-state index contributed by atoms with van der Waals surface area (Å²) in [6.07, 6.45) is 2.24. The second-order valence-corrected chi connectivity index (χ2v) is 5.62. The van der Waals surface area contributed by atoms with Gasteiger partial charge in [0.2, 0.25) is 0 Å². The highest BCUT2D eigenvalue weighted by atomic mass is 15.2. The van der Waals surface area contributed by atoms with Crippen LogP contribution >= 0.6 is 0 Å². The van der Waals surface area contributed by atoms with Crippen molar-refractivity contribution in [3.63, 3.8) is 0 Å². The number of aromatic nitrogens is 1. The van der Waals surface area contributed by atoms with Crippen molar-refractivity contribution in [1.82, 2.24) is 14.4 Å². The molecule has 1 aromatic carbocycles. The fourth-order valence-electron chi connectivity index (χ4n) is 2.86. The van der Waals surface area contributed by atoms with E-state index in [0.29, 0.717) is 0 Å². The highest BCUT2D eigenvalue weighted by Gasteiger charge is 2.16. The number of anilines is 1. The van der Waals surface area contributed by atoms with Gasteiger partial charge in [-0.2, -0.15) is 0 Å². The fourth-order valence-corrected chi connectivity index (χ4v) is 2.86. The molecular formula is C15H22N4. The Bertz CT molecular complexity index is 579. The summed E-state index contributed by atoms with van der Waals surface area (Å²) in [5, 5.41) is 1.33. The average molecular weight is 258 g/mol. The van der Waals surface area contributed by atoms with Gasteiger partial charge in [0.1, 0.15) is 0 Å². The van der Waals surface area contributed by atoms with Crippen LogP contribution in [0.4, 0.5) is 5.69 Å². The van der Waals surface area contributed by atoms with E-state index in [1.54, 1.807) is 0 Å². The van der Waals surface area contributed by atoms with Gasteiger partial charge >= 0.3 is 0 Å². The van der Waals surface area contributed by atoms with Crippen molar-refractivity contribution in [2.24, 2.45) is 7.05 Å². The number of fused-ring (bicyclic) bond motifs is 1. The molecule has 0 saturated carbocycles. The molecule has 1 aliphatic rings. The van der Waals surface area contributed by atoms with E-state index in [9.17, 15) is 0 Å². The molecule has 19 heavy (non-hydrogen) atoms. The molecule has 0 spiro atoms. The van der Waals surface area contributed by atoms with E-state index in [4.69, 9.17) is 5.73 Å². The maximum absolute atomic E-state index is 5.87. The molecule has 0 atom stereocenters. The van der Waals surface area contributed by atoms with E-state index in [1.165, 1.54) is 16.5 Å². The van der Waals surface area contributed by atoms with Crippen molar-refractivity contribution in [3.05, 3.63) is 30.0 Å². The molecule has 2 N–H and O–H groups in total. The minimum absolute atomic E-state index is 0.833. The molecule has 1 aliphatic heterocycles. The zero-order chi connectivity index (χ0) is 13.4. The van der Waals surface area contributed by atoms with E-state index < -0.39 is 0 Å². The number of nitrogen functional groups attached to an aromatic ring is 1. The van der Waals surface area contributed by atoms with Gasteiger partial charge in [-0.3, -0.25) is 4.90 Å². The van der Waals surface area contributed by atoms with Crippen molar-refractivity contribution < 1.29 is 0 Å². The first-order valence-corrected chi connectivity index (χ1v) is 6.88. The van der Waals surface area contributed by atoms with Gasteiger partial charge in [-0.15, -0.1) is 0 Å². The Morgan fingerprint density at radius 3 is 2.58 bits per heavy atom. The Labute approximate surface area is 114 Å². The third-order valence-corrected chi connectivity index (χ3v) is 4.09. The molecule has 4 heteroatoms. The Morgan fingerprint density at radius 2 is 1.84 bits per heavy atom. The molecular weight excluding hydrogens is 236 g/mol. The van der Waals surface area contributed by atoms with E-state index in [2.05, 4.69) is 46.8 Å². The molecule has 2 aromatic rings. The summed E-state index contributed by atoms with van der Waals surface area (Å²) in [5.74, 6) is 0. The van der Waals surface area contributed by atoms with Gasteiger partial charge in [0.05, 0.1) is 5.52 Å². The van der Waals surface area contributed by atoms with E-state index in [-0.39, 0.29) is 0 Å². The second-order valence-electron chi connectivity index (χ2n) is 5.62. The van der Waals surface area contributed by atoms with E-state index >= 15 is 0 Å². The number of likely N-dealkylation sites (N-methyl/N-ethyl adjacent to an activating group) is 1. The third kappa shape index (κ3) is 2.46. The van der Waals surface area contributed by atoms with Crippen molar-refractivity contribution in [2.75, 3.05) is 39.0 Å². The Hall–Kier alpha value is -1.52. The normalized spacial score (nSPS) is 18.2. The number of piperazine rings is 1. The molecule has 102 valence electrons. The minimum Gasteiger partial charge on any atom is -0.399 e. The predicted octanol–water partition coefficient (Wildman–Crippen LogP) is 1.51. The largest absolute Gasteiger partial charge is 0.399 e. The van der Waals surface area contributed by atoms with Gasteiger partial charge in [-0.25, -0.2) is 0 Å². The molecule has 0 unspecified atom stereocenters. The number of nitrogens with two attached hydrogens (primary N) is 1. The monoisotopic (exact) mass is 258 g/mol. The smallest absolute Gasteiger partial charge is 0.0501 e. The van der Waals surface area contributed by atoms with Crippen LogP contribution in [0.25, 0.3) is 10.9 Å². The topological polar surface area (TPSA) is 37.4 Å². The first kappa shape index (κ1) is 12.5. The zero-order valence-electron chi connectivity index (χ0n) is 11.8. The van der Waals surface area contributed by atoms with Crippen molar-refractivity contribution in [1.29, 1.82) is 0 Å². The van der Waals surface area contributed by atoms with E-state index in [1.807, 2.05) is 6.07 Å². The van der Waals surface area contributed by atoms with Gasteiger partial charge < -0.3 is 15.2 Å². The third-order valence-electron chi connectivity index (χ3n) is 4.09. The molecule has 0 aliphatic carbocycles.